The number of esters is 1. The van der Waals surface area contributed by atoms with E-state index in [0.29, 0.717) is 22.9 Å². The Labute approximate surface area is 245 Å². The van der Waals surface area contributed by atoms with Gasteiger partial charge in [-0.2, -0.15) is 0 Å². The maximum absolute atomic E-state index is 12.9. The maximum Gasteiger partial charge on any atom is 0.355 e. The highest BCUT2D eigenvalue weighted by Crippen LogP contribution is 2.38. The lowest BCUT2D eigenvalue weighted by Gasteiger charge is -2.47. The molecule has 0 unspecified atom stereocenters. The van der Waals surface area contributed by atoms with E-state index in [4.69, 9.17) is 23.4 Å². The fraction of sp³-hybridized carbons (Fsp3) is 0.548. The number of H-pyrrole nitrogens is 1. The molecule has 0 radical (unpaired) electrons. The molecule has 42 heavy (non-hydrogen) atoms. The van der Waals surface area contributed by atoms with Gasteiger partial charge in [0.25, 0.3) is 0 Å². The first-order valence-electron chi connectivity index (χ1n) is 14.3. The molecule has 0 amide bonds. The maximum atomic E-state index is 12.9. The van der Waals surface area contributed by atoms with Crippen LogP contribution in [0.4, 0.5) is 5.69 Å². The van der Waals surface area contributed by atoms with E-state index in [1.165, 1.54) is 7.11 Å². The molecular weight excluding hydrogens is 542 g/mol. The summed E-state index contributed by atoms with van der Waals surface area (Å²) in [4.78, 5) is 33.0. The third kappa shape index (κ3) is 5.78. The lowest BCUT2D eigenvalue weighted by atomic mass is 9.89. The first-order chi connectivity index (χ1) is 19.9. The number of nitrogens with zero attached hydrogens (tertiary/aromatic N) is 2. The van der Waals surface area contributed by atoms with E-state index < -0.39 is 41.8 Å². The van der Waals surface area contributed by atoms with Crippen LogP contribution in [0.5, 0.6) is 5.75 Å². The predicted molar refractivity (Wildman–Crippen MR) is 157 cm³/mol. The topological polar surface area (TPSA) is 127 Å². The summed E-state index contributed by atoms with van der Waals surface area (Å²) in [6.45, 7) is 8.85. The number of rotatable bonds is 7. The van der Waals surface area contributed by atoms with Gasteiger partial charge in [-0.25, -0.2) is 9.59 Å². The van der Waals surface area contributed by atoms with Gasteiger partial charge in [-0.1, -0.05) is 0 Å². The van der Waals surface area contributed by atoms with Gasteiger partial charge < -0.3 is 43.3 Å². The number of piperidine rings is 1. The summed E-state index contributed by atoms with van der Waals surface area (Å²) in [5, 5.41) is 12.2. The number of hydrogen-bond acceptors (Lipinski definition) is 10. The zero-order valence-electron chi connectivity index (χ0n) is 25.3. The monoisotopic (exact) mass is 583 g/mol. The molecule has 11 heteroatoms. The molecule has 5 rings (SSSR count). The van der Waals surface area contributed by atoms with Crippen LogP contribution in [0.1, 0.15) is 48.4 Å². The Morgan fingerprint density at radius 2 is 1.86 bits per heavy atom. The number of aromatic nitrogens is 1. The fourth-order valence-electron chi connectivity index (χ4n) is 6.08. The summed E-state index contributed by atoms with van der Waals surface area (Å²) >= 11 is 0. The van der Waals surface area contributed by atoms with Gasteiger partial charge in [0, 0.05) is 49.0 Å². The number of carbonyl (C=O) groups excluding carboxylic acids is 1. The van der Waals surface area contributed by atoms with Crippen molar-refractivity contribution in [2.24, 2.45) is 0 Å². The van der Waals surface area contributed by atoms with Crippen LogP contribution in [-0.4, -0.2) is 91.5 Å². The van der Waals surface area contributed by atoms with Crippen molar-refractivity contribution in [2.75, 3.05) is 39.2 Å². The number of benzene rings is 1. The number of aliphatic hydroxyl groups is 1. The Bertz CT molecular complexity index is 1490. The van der Waals surface area contributed by atoms with E-state index in [1.54, 1.807) is 45.0 Å². The van der Waals surface area contributed by atoms with Crippen molar-refractivity contribution >= 4 is 22.6 Å². The predicted octanol–water partition coefficient (Wildman–Crippen LogP) is 3.38. The highest BCUT2D eigenvalue weighted by molar-refractivity contribution is 5.93. The van der Waals surface area contributed by atoms with Gasteiger partial charge in [0.2, 0.25) is 6.29 Å². The minimum atomic E-state index is -1.38. The Morgan fingerprint density at radius 1 is 1.14 bits per heavy atom. The molecule has 2 N–H and O–H groups in total. The molecular formula is C31H41N3O8. The lowest BCUT2D eigenvalue weighted by Crippen LogP contribution is -2.65. The summed E-state index contributed by atoms with van der Waals surface area (Å²) < 4.78 is 29.4. The number of aliphatic hydroxyl groups excluding tert-OH is 1. The van der Waals surface area contributed by atoms with Gasteiger partial charge >= 0.3 is 11.6 Å². The number of hydrogen-bond donors (Lipinski definition) is 2. The first kappa shape index (κ1) is 30.1. The number of aromatic amines is 1. The molecule has 2 aromatic heterocycles. The van der Waals surface area contributed by atoms with Crippen molar-refractivity contribution in [1.29, 1.82) is 0 Å². The molecule has 0 saturated carbocycles. The van der Waals surface area contributed by atoms with E-state index in [2.05, 4.69) is 28.9 Å². The van der Waals surface area contributed by atoms with Crippen LogP contribution in [0.3, 0.4) is 0 Å². The molecule has 2 saturated heterocycles. The van der Waals surface area contributed by atoms with Crippen molar-refractivity contribution in [3.8, 4) is 5.75 Å². The highest BCUT2D eigenvalue weighted by Gasteiger charge is 2.53. The summed E-state index contributed by atoms with van der Waals surface area (Å²) in [7, 11) is 5.66. The molecule has 4 heterocycles. The molecule has 11 nitrogen and oxygen atoms in total. The van der Waals surface area contributed by atoms with E-state index in [9.17, 15) is 14.7 Å². The third-order valence-electron chi connectivity index (χ3n) is 8.44. The van der Waals surface area contributed by atoms with E-state index in [-0.39, 0.29) is 5.69 Å². The van der Waals surface area contributed by atoms with Crippen molar-refractivity contribution in [3.05, 3.63) is 57.7 Å². The Balaban J connectivity index is 1.42. The summed E-state index contributed by atoms with van der Waals surface area (Å²) in [6.07, 6.45) is -2.45. The average molecular weight is 584 g/mol. The van der Waals surface area contributed by atoms with Crippen LogP contribution >= 0.6 is 0 Å². The molecule has 0 bridgehead atoms. The zero-order chi connectivity index (χ0) is 30.3. The molecule has 2 aliphatic rings. The Hall–Kier alpha value is -3.38. The van der Waals surface area contributed by atoms with Gasteiger partial charge in [-0.15, -0.1) is 0 Å². The highest BCUT2D eigenvalue weighted by atomic mass is 16.7. The van der Waals surface area contributed by atoms with Crippen molar-refractivity contribution in [1.82, 2.24) is 9.88 Å². The molecule has 3 aromatic rings. The van der Waals surface area contributed by atoms with Gasteiger partial charge in [0.1, 0.15) is 23.1 Å². The molecule has 2 aliphatic heterocycles. The Kier molecular flexibility index (Phi) is 8.39. The SMILES string of the molecule is CO[C@@H]1[C@@H](OC(=O)c2ccc(C)[nH]2)[C@@H](O)[C@H](Oc2ccc3c(N4CCC(N(C)C)CC4)cc(=O)oc3c2C)OC1(C)C. The number of fused-ring (bicyclic) bond motifs is 1. The largest absolute Gasteiger partial charge is 0.462 e. The number of anilines is 1. The second-order valence-electron chi connectivity index (χ2n) is 12.0. The summed E-state index contributed by atoms with van der Waals surface area (Å²) in [5.41, 5.74) is 1.46. The number of methoxy groups -OCH3 is 1. The van der Waals surface area contributed by atoms with E-state index >= 15 is 0 Å². The number of nitrogens with one attached hydrogen (secondary N) is 1. The molecule has 228 valence electrons. The number of aryl methyl sites for hydroxylation is 2. The fourth-order valence-corrected chi connectivity index (χ4v) is 6.08. The molecule has 4 atom stereocenters. The number of ether oxygens (including phenoxy) is 4. The number of carbonyl (C=O) groups is 1. The lowest BCUT2D eigenvalue weighted by molar-refractivity contribution is -0.305. The molecule has 2 fully saturated rings. The first-order valence-corrected chi connectivity index (χ1v) is 14.3. The van der Waals surface area contributed by atoms with Crippen LogP contribution in [0.25, 0.3) is 11.0 Å². The minimum absolute atomic E-state index is 0.262. The van der Waals surface area contributed by atoms with Crippen LogP contribution in [0.15, 0.2) is 39.5 Å². The second kappa shape index (κ2) is 11.7. The molecule has 1 aromatic carbocycles. The Morgan fingerprint density at radius 3 is 2.48 bits per heavy atom. The van der Waals surface area contributed by atoms with Crippen LogP contribution in [0, 0.1) is 13.8 Å². The van der Waals surface area contributed by atoms with Crippen molar-refractivity contribution in [2.45, 2.75) is 76.8 Å². The minimum Gasteiger partial charge on any atom is -0.462 e. The second-order valence-corrected chi connectivity index (χ2v) is 12.0. The normalized spacial score (nSPS) is 24.7. The summed E-state index contributed by atoms with van der Waals surface area (Å²) in [6, 6.07) is 9.07. The van der Waals surface area contributed by atoms with Crippen LogP contribution in [0.2, 0.25) is 0 Å². The standard InChI is InChI=1S/C31H41N3O8/c1-17-8-10-21(32-17)29(37)41-27-25(36)30(42-31(3,4)28(27)38-7)39-23-11-9-20-22(16-24(35)40-26(20)18(23)2)34-14-12-19(13-15-34)33(5)6/h8-11,16,19,25,27-28,30,32,36H,12-15H2,1-7H3/t25-,27+,28-,30-/m1/s1. The molecule has 0 spiro atoms. The van der Waals surface area contributed by atoms with Gasteiger partial charge in [0.05, 0.1) is 11.3 Å². The van der Waals surface area contributed by atoms with Gasteiger partial charge in [-0.05, 0) is 78.9 Å². The van der Waals surface area contributed by atoms with E-state index in [1.807, 2.05) is 13.0 Å². The summed E-state index contributed by atoms with van der Waals surface area (Å²) in [5.74, 6) is -0.258. The van der Waals surface area contributed by atoms with Crippen molar-refractivity contribution < 1.29 is 33.3 Å². The van der Waals surface area contributed by atoms with Gasteiger partial charge in [-0.3, -0.25) is 0 Å². The van der Waals surface area contributed by atoms with Gasteiger partial charge in [0.15, 0.2) is 12.2 Å². The quantitative estimate of drug-likeness (QED) is 0.316. The zero-order valence-corrected chi connectivity index (χ0v) is 25.3. The smallest absolute Gasteiger partial charge is 0.355 e. The van der Waals surface area contributed by atoms with Crippen LogP contribution in [-0.2, 0) is 14.2 Å². The third-order valence-corrected chi connectivity index (χ3v) is 8.44. The van der Waals surface area contributed by atoms with E-state index in [0.717, 1.165) is 42.7 Å². The van der Waals surface area contributed by atoms with Crippen molar-refractivity contribution in [3.63, 3.8) is 0 Å². The molecule has 0 aliphatic carbocycles. The van der Waals surface area contributed by atoms with Crippen LogP contribution < -0.4 is 15.3 Å². The average Bonchev–Trinajstić information content (AvgIpc) is 3.39.